The van der Waals surface area contributed by atoms with E-state index in [-0.39, 0.29) is 22.1 Å². The summed E-state index contributed by atoms with van der Waals surface area (Å²) < 4.78 is 33.7. The molecule has 0 spiro atoms. The lowest BCUT2D eigenvalue weighted by molar-refractivity contribution is 0.0767. The summed E-state index contributed by atoms with van der Waals surface area (Å²) in [6.45, 7) is 4.74. The number of pyridine rings is 1. The number of hydrogen-bond donors (Lipinski definition) is 1. The number of sulfonamides is 1. The van der Waals surface area contributed by atoms with E-state index in [1.54, 1.807) is 47.6 Å². The Morgan fingerprint density at radius 3 is 2.38 bits per heavy atom. The SMILES string of the molecule is CCN(CCc1ccncc1)C(=O)c1cc(OC)ccc1NS(=O)(=O)c1ccc(C)cc1. The minimum atomic E-state index is -3.86. The predicted molar refractivity (Wildman–Crippen MR) is 125 cm³/mol. The maximum Gasteiger partial charge on any atom is 0.261 e. The van der Waals surface area contributed by atoms with Crippen molar-refractivity contribution < 1.29 is 17.9 Å². The van der Waals surface area contributed by atoms with Gasteiger partial charge >= 0.3 is 0 Å². The topological polar surface area (TPSA) is 88.6 Å². The molecule has 3 aromatic rings. The van der Waals surface area contributed by atoms with Crippen LogP contribution in [0.5, 0.6) is 5.75 Å². The van der Waals surface area contributed by atoms with Crippen molar-refractivity contribution in [3.05, 3.63) is 83.7 Å². The quantitative estimate of drug-likeness (QED) is 0.531. The molecule has 1 heterocycles. The van der Waals surface area contributed by atoms with Crippen molar-refractivity contribution in [2.45, 2.75) is 25.2 Å². The van der Waals surface area contributed by atoms with Crippen LogP contribution in [0.1, 0.15) is 28.4 Å². The van der Waals surface area contributed by atoms with E-state index in [1.165, 1.54) is 19.2 Å². The normalized spacial score (nSPS) is 11.1. The van der Waals surface area contributed by atoms with E-state index < -0.39 is 10.0 Å². The largest absolute Gasteiger partial charge is 0.497 e. The molecule has 0 radical (unpaired) electrons. The number of rotatable bonds is 9. The van der Waals surface area contributed by atoms with Crippen LogP contribution in [0.15, 0.2) is 71.9 Å². The average Bonchev–Trinajstić information content (AvgIpc) is 2.80. The highest BCUT2D eigenvalue weighted by atomic mass is 32.2. The number of likely N-dealkylation sites (N-methyl/N-ethyl adjacent to an activating group) is 1. The van der Waals surface area contributed by atoms with Crippen LogP contribution in [0.2, 0.25) is 0 Å². The van der Waals surface area contributed by atoms with Gasteiger partial charge in [0.15, 0.2) is 0 Å². The molecule has 0 aliphatic heterocycles. The van der Waals surface area contributed by atoms with E-state index in [0.717, 1.165) is 11.1 Å². The molecule has 0 aliphatic rings. The average molecular weight is 454 g/mol. The number of aryl methyl sites for hydroxylation is 1. The van der Waals surface area contributed by atoms with Crippen LogP contribution in [0.4, 0.5) is 5.69 Å². The number of benzene rings is 2. The van der Waals surface area contributed by atoms with Gasteiger partial charge in [-0.05, 0) is 68.3 Å². The molecule has 168 valence electrons. The zero-order valence-electron chi connectivity index (χ0n) is 18.4. The van der Waals surface area contributed by atoms with Crippen LogP contribution in [0, 0.1) is 6.92 Å². The van der Waals surface area contributed by atoms with E-state index in [4.69, 9.17) is 4.74 Å². The number of amides is 1. The molecule has 0 aliphatic carbocycles. The maximum absolute atomic E-state index is 13.4. The second kappa shape index (κ2) is 10.3. The third-order valence-electron chi connectivity index (χ3n) is 5.12. The fraction of sp³-hybridized carbons (Fsp3) is 0.250. The molecule has 0 atom stereocenters. The Bertz CT molecular complexity index is 1160. The predicted octanol–water partition coefficient (Wildman–Crippen LogP) is 3.90. The fourth-order valence-corrected chi connectivity index (χ4v) is 4.30. The second-order valence-electron chi connectivity index (χ2n) is 7.32. The molecule has 7 nitrogen and oxygen atoms in total. The number of aromatic nitrogens is 1. The Morgan fingerprint density at radius 2 is 1.75 bits per heavy atom. The van der Waals surface area contributed by atoms with Crippen LogP contribution >= 0.6 is 0 Å². The number of nitrogens with zero attached hydrogens (tertiary/aromatic N) is 2. The fourth-order valence-electron chi connectivity index (χ4n) is 3.22. The van der Waals surface area contributed by atoms with E-state index in [0.29, 0.717) is 25.3 Å². The number of methoxy groups -OCH3 is 1. The molecule has 8 heteroatoms. The standard InChI is InChI=1S/C24H27N3O4S/c1-4-27(16-13-19-11-14-25-15-12-19)24(28)22-17-20(31-3)7-10-23(22)26-32(29,30)21-8-5-18(2)6-9-21/h5-12,14-15,17,26H,4,13,16H2,1-3H3. The van der Waals surface area contributed by atoms with E-state index in [9.17, 15) is 13.2 Å². The smallest absolute Gasteiger partial charge is 0.261 e. The van der Waals surface area contributed by atoms with E-state index in [2.05, 4.69) is 9.71 Å². The van der Waals surface area contributed by atoms with Gasteiger partial charge < -0.3 is 9.64 Å². The number of ether oxygens (including phenoxy) is 1. The summed E-state index contributed by atoms with van der Waals surface area (Å²) in [5.74, 6) is 0.193. The van der Waals surface area contributed by atoms with Gasteiger partial charge in [0, 0.05) is 25.5 Å². The lowest BCUT2D eigenvalue weighted by Crippen LogP contribution is -2.33. The van der Waals surface area contributed by atoms with Crippen LogP contribution in [0.25, 0.3) is 0 Å². The summed E-state index contributed by atoms with van der Waals surface area (Å²) in [6.07, 6.45) is 4.09. The number of hydrogen-bond acceptors (Lipinski definition) is 5. The number of carbonyl (C=O) groups is 1. The van der Waals surface area contributed by atoms with E-state index >= 15 is 0 Å². The molecule has 0 saturated heterocycles. The Labute approximate surface area is 189 Å². The Balaban J connectivity index is 1.88. The first-order valence-corrected chi connectivity index (χ1v) is 11.8. The van der Waals surface area contributed by atoms with Gasteiger partial charge in [-0.2, -0.15) is 0 Å². The summed E-state index contributed by atoms with van der Waals surface area (Å²) in [5, 5.41) is 0. The van der Waals surface area contributed by atoms with Crippen molar-refractivity contribution in [3.63, 3.8) is 0 Å². The first-order valence-electron chi connectivity index (χ1n) is 10.3. The lowest BCUT2D eigenvalue weighted by atomic mass is 10.1. The van der Waals surface area contributed by atoms with Gasteiger partial charge in [0.1, 0.15) is 5.75 Å². The van der Waals surface area contributed by atoms with Crippen LogP contribution in [-0.2, 0) is 16.4 Å². The van der Waals surface area contributed by atoms with Gasteiger partial charge in [0.2, 0.25) is 0 Å². The highest BCUT2D eigenvalue weighted by Gasteiger charge is 2.22. The minimum absolute atomic E-state index is 0.127. The summed E-state index contributed by atoms with van der Waals surface area (Å²) in [6, 6.07) is 15.1. The minimum Gasteiger partial charge on any atom is -0.497 e. The molecule has 0 fully saturated rings. The third kappa shape index (κ3) is 5.64. The summed E-state index contributed by atoms with van der Waals surface area (Å²) >= 11 is 0. The Hall–Kier alpha value is -3.39. The molecule has 0 saturated carbocycles. The molecule has 0 bridgehead atoms. The lowest BCUT2D eigenvalue weighted by Gasteiger charge is -2.23. The zero-order valence-corrected chi connectivity index (χ0v) is 19.2. The summed E-state index contributed by atoms with van der Waals surface area (Å²) in [4.78, 5) is 19.2. The zero-order chi connectivity index (χ0) is 23.1. The molecule has 2 aromatic carbocycles. The van der Waals surface area contributed by atoms with Crippen molar-refractivity contribution in [1.29, 1.82) is 0 Å². The van der Waals surface area contributed by atoms with Gasteiger partial charge in [-0.1, -0.05) is 17.7 Å². The van der Waals surface area contributed by atoms with Gasteiger partial charge in [-0.15, -0.1) is 0 Å². The van der Waals surface area contributed by atoms with E-state index in [1.807, 2.05) is 26.0 Å². The van der Waals surface area contributed by atoms with Gasteiger partial charge in [-0.25, -0.2) is 8.42 Å². The van der Waals surface area contributed by atoms with Gasteiger partial charge in [0.25, 0.3) is 15.9 Å². The third-order valence-corrected chi connectivity index (χ3v) is 6.50. The van der Waals surface area contributed by atoms with Crippen molar-refractivity contribution in [3.8, 4) is 5.75 Å². The first-order chi connectivity index (χ1) is 15.3. The molecule has 1 amide bonds. The number of nitrogens with one attached hydrogen (secondary N) is 1. The van der Waals surface area contributed by atoms with Crippen molar-refractivity contribution in [2.24, 2.45) is 0 Å². The van der Waals surface area contributed by atoms with Gasteiger partial charge in [0.05, 0.1) is 23.3 Å². The van der Waals surface area contributed by atoms with Crippen LogP contribution in [0.3, 0.4) is 0 Å². The monoisotopic (exact) mass is 453 g/mol. The molecular formula is C24H27N3O4S. The van der Waals surface area contributed by atoms with Crippen LogP contribution < -0.4 is 9.46 Å². The number of anilines is 1. The second-order valence-corrected chi connectivity index (χ2v) is 9.00. The number of carbonyl (C=O) groups excluding carboxylic acids is 1. The molecular weight excluding hydrogens is 426 g/mol. The van der Waals surface area contributed by atoms with Crippen LogP contribution in [-0.4, -0.2) is 44.4 Å². The van der Waals surface area contributed by atoms with Gasteiger partial charge in [-0.3, -0.25) is 14.5 Å². The first kappa shape index (κ1) is 23.3. The molecule has 1 N–H and O–H groups in total. The highest BCUT2D eigenvalue weighted by Crippen LogP contribution is 2.26. The summed E-state index contributed by atoms with van der Waals surface area (Å²) in [5.41, 5.74) is 2.46. The molecule has 1 aromatic heterocycles. The van der Waals surface area contributed by atoms with Crippen molar-refractivity contribution >= 4 is 21.6 Å². The Kier molecular flexibility index (Phi) is 7.48. The highest BCUT2D eigenvalue weighted by molar-refractivity contribution is 7.92. The molecule has 3 rings (SSSR count). The van der Waals surface area contributed by atoms with Crippen molar-refractivity contribution in [1.82, 2.24) is 9.88 Å². The Morgan fingerprint density at radius 1 is 1.06 bits per heavy atom. The molecule has 32 heavy (non-hydrogen) atoms. The summed E-state index contributed by atoms with van der Waals surface area (Å²) in [7, 11) is -2.36. The molecule has 0 unspecified atom stereocenters. The maximum atomic E-state index is 13.4. The van der Waals surface area contributed by atoms with Crippen molar-refractivity contribution in [2.75, 3.05) is 24.9 Å².